The van der Waals surface area contributed by atoms with Crippen LogP contribution >= 0.6 is 35.6 Å². The normalized spacial score (nSPS) is 14.8. The number of carbonyl (C=O) groups is 2. The van der Waals surface area contributed by atoms with E-state index in [1.807, 2.05) is 6.92 Å². The van der Waals surface area contributed by atoms with Crippen LogP contribution < -0.4 is 14.8 Å². The molecule has 0 saturated carbocycles. The monoisotopic (exact) mass is 449 g/mol. The lowest BCUT2D eigenvalue weighted by molar-refractivity contribution is -0.115. The Kier molecular flexibility index (Phi) is 6.79. The minimum atomic E-state index is -0.987. The highest BCUT2D eigenvalue weighted by Gasteiger charge is 2.22. The molecule has 1 amide bonds. The number of carboxylic acids is 1. The smallest absolute Gasteiger partial charge is 0.335 e. The van der Waals surface area contributed by atoms with Gasteiger partial charge in [-0.2, -0.15) is 0 Å². The Morgan fingerprint density at radius 1 is 1.28 bits per heavy atom. The van der Waals surface area contributed by atoms with Gasteiger partial charge in [0, 0.05) is 0 Å². The minimum absolute atomic E-state index is 0.187. The average Bonchev–Trinajstić information content (AvgIpc) is 2.98. The van der Waals surface area contributed by atoms with Gasteiger partial charge in [-0.3, -0.25) is 4.79 Å². The second kappa shape index (κ2) is 9.30. The van der Waals surface area contributed by atoms with Gasteiger partial charge >= 0.3 is 5.97 Å². The summed E-state index contributed by atoms with van der Waals surface area (Å²) in [5.41, 5.74) is 1.67. The fourth-order valence-corrected chi connectivity index (χ4v) is 3.86. The molecule has 0 radical (unpaired) electrons. The largest absolute Gasteiger partial charge is 0.490 e. The number of rotatable bonds is 7. The zero-order valence-corrected chi connectivity index (χ0v) is 17.6. The Balaban J connectivity index is 1.82. The molecule has 3 rings (SSSR count). The first-order valence-electron chi connectivity index (χ1n) is 8.53. The standard InChI is InChI=1S/C20H16ClNO5S2/c1-2-26-15-8-12(9-16-18(23)22-20(28)29-16)7-14(21)17(15)27-10-11-3-5-13(6-4-11)19(24)25/h3-9H,2,10H2,1H3,(H,24,25)(H,22,23,28). The molecule has 0 aromatic heterocycles. The number of thiocarbonyl (C=S) groups is 1. The third kappa shape index (κ3) is 5.29. The zero-order chi connectivity index (χ0) is 21.0. The molecule has 0 bridgehead atoms. The van der Waals surface area contributed by atoms with Gasteiger partial charge in [0.25, 0.3) is 5.91 Å². The summed E-state index contributed by atoms with van der Waals surface area (Å²) in [5, 5.41) is 11.9. The van der Waals surface area contributed by atoms with Crippen LogP contribution in [0.15, 0.2) is 41.3 Å². The van der Waals surface area contributed by atoms with Crippen molar-refractivity contribution in [2.75, 3.05) is 6.61 Å². The molecule has 0 unspecified atom stereocenters. The number of thioether (sulfide) groups is 1. The van der Waals surface area contributed by atoms with Crippen LogP contribution in [0.25, 0.3) is 6.08 Å². The molecule has 6 nitrogen and oxygen atoms in total. The van der Waals surface area contributed by atoms with Gasteiger partial charge in [-0.15, -0.1) is 0 Å². The Morgan fingerprint density at radius 2 is 2.00 bits per heavy atom. The minimum Gasteiger partial charge on any atom is -0.490 e. The van der Waals surface area contributed by atoms with Crippen LogP contribution in [-0.2, 0) is 11.4 Å². The van der Waals surface area contributed by atoms with E-state index in [9.17, 15) is 9.59 Å². The van der Waals surface area contributed by atoms with Crippen molar-refractivity contribution in [3.8, 4) is 11.5 Å². The Bertz CT molecular complexity index is 1000. The first kappa shape index (κ1) is 21.2. The van der Waals surface area contributed by atoms with Gasteiger partial charge in [0.05, 0.1) is 22.1 Å². The zero-order valence-electron chi connectivity index (χ0n) is 15.2. The predicted octanol–water partition coefficient (Wildman–Crippen LogP) is 4.50. The quantitative estimate of drug-likeness (QED) is 0.475. The molecule has 1 aliphatic heterocycles. The summed E-state index contributed by atoms with van der Waals surface area (Å²) < 4.78 is 11.9. The van der Waals surface area contributed by atoms with Crippen LogP contribution in [-0.4, -0.2) is 27.9 Å². The van der Waals surface area contributed by atoms with Crippen LogP contribution in [0.2, 0.25) is 5.02 Å². The number of carbonyl (C=O) groups excluding carboxylic acids is 1. The van der Waals surface area contributed by atoms with Crippen molar-refractivity contribution in [3.05, 3.63) is 63.0 Å². The van der Waals surface area contributed by atoms with Gasteiger partial charge in [0.1, 0.15) is 10.9 Å². The van der Waals surface area contributed by atoms with E-state index < -0.39 is 5.97 Å². The molecule has 2 N–H and O–H groups in total. The molecule has 2 aromatic carbocycles. The molecule has 1 heterocycles. The van der Waals surface area contributed by atoms with E-state index in [2.05, 4.69) is 5.32 Å². The number of ether oxygens (including phenoxy) is 2. The number of halogens is 1. The maximum absolute atomic E-state index is 11.9. The van der Waals surface area contributed by atoms with Crippen LogP contribution in [0.3, 0.4) is 0 Å². The van der Waals surface area contributed by atoms with E-state index >= 15 is 0 Å². The van der Waals surface area contributed by atoms with Crippen molar-refractivity contribution in [2.45, 2.75) is 13.5 Å². The van der Waals surface area contributed by atoms with E-state index in [4.69, 9.17) is 38.4 Å². The Morgan fingerprint density at radius 3 is 2.59 bits per heavy atom. The molecule has 0 aliphatic carbocycles. The van der Waals surface area contributed by atoms with Gasteiger partial charge in [-0.25, -0.2) is 4.79 Å². The summed E-state index contributed by atoms with van der Waals surface area (Å²) in [6.07, 6.45) is 1.68. The van der Waals surface area contributed by atoms with Crippen molar-refractivity contribution < 1.29 is 24.2 Å². The Hall–Kier alpha value is -2.55. The summed E-state index contributed by atoms with van der Waals surface area (Å²) in [6.45, 7) is 2.43. The lowest BCUT2D eigenvalue weighted by atomic mass is 10.1. The molecule has 0 spiro atoms. The fraction of sp³-hybridized carbons (Fsp3) is 0.150. The number of aromatic carboxylic acids is 1. The molecule has 0 atom stereocenters. The van der Waals surface area contributed by atoms with Crippen molar-refractivity contribution in [3.63, 3.8) is 0 Å². The lowest BCUT2D eigenvalue weighted by Crippen LogP contribution is -2.17. The first-order valence-corrected chi connectivity index (χ1v) is 10.1. The molecule has 1 saturated heterocycles. The van der Waals surface area contributed by atoms with E-state index in [1.165, 1.54) is 23.9 Å². The number of nitrogens with one attached hydrogen (secondary N) is 1. The van der Waals surface area contributed by atoms with E-state index in [-0.39, 0.29) is 18.1 Å². The topological polar surface area (TPSA) is 84.9 Å². The third-order valence-electron chi connectivity index (χ3n) is 3.86. The van der Waals surface area contributed by atoms with Crippen LogP contribution in [0.1, 0.15) is 28.4 Å². The first-order chi connectivity index (χ1) is 13.9. The molecular weight excluding hydrogens is 434 g/mol. The second-order valence-electron chi connectivity index (χ2n) is 5.91. The van der Waals surface area contributed by atoms with Crippen LogP contribution in [0, 0.1) is 0 Å². The van der Waals surface area contributed by atoms with E-state index in [0.717, 1.165) is 5.56 Å². The number of amides is 1. The van der Waals surface area contributed by atoms with Gasteiger partial charge in [-0.1, -0.05) is 47.7 Å². The maximum Gasteiger partial charge on any atom is 0.335 e. The number of hydrogen-bond donors (Lipinski definition) is 2. The molecular formula is C20H16ClNO5S2. The highest BCUT2D eigenvalue weighted by Crippen LogP contribution is 2.38. The van der Waals surface area contributed by atoms with Crippen molar-refractivity contribution in [1.29, 1.82) is 0 Å². The predicted molar refractivity (Wildman–Crippen MR) is 117 cm³/mol. The summed E-state index contributed by atoms with van der Waals surface area (Å²) in [5.74, 6) is -0.421. The van der Waals surface area contributed by atoms with Gasteiger partial charge in [-0.05, 0) is 48.4 Å². The highest BCUT2D eigenvalue weighted by molar-refractivity contribution is 8.26. The summed E-state index contributed by atoms with van der Waals surface area (Å²) >= 11 is 12.6. The second-order valence-corrected chi connectivity index (χ2v) is 8.03. The molecule has 29 heavy (non-hydrogen) atoms. The van der Waals surface area contributed by atoms with Crippen molar-refractivity contribution >= 4 is 57.9 Å². The maximum atomic E-state index is 11.9. The average molecular weight is 450 g/mol. The fourth-order valence-electron chi connectivity index (χ4n) is 2.55. The van der Waals surface area contributed by atoms with E-state index in [1.54, 1.807) is 30.3 Å². The number of hydrogen-bond acceptors (Lipinski definition) is 6. The molecule has 2 aromatic rings. The SMILES string of the molecule is CCOc1cc(C=C2SC(=S)NC2=O)cc(Cl)c1OCc1ccc(C(=O)O)cc1. The summed E-state index contributed by atoms with van der Waals surface area (Å²) in [7, 11) is 0. The van der Waals surface area contributed by atoms with Crippen LogP contribution in [0.5, 0.6) is 11.5 Å². The van der Waals surface area contributed by atoms with Crippen molar-refractivity contribution in [1.82, 2.24) is 5.32 Å². The van der Waals surface area contributed by atoms with Crippen LogP contribution in [0.4, 0.5) is 0 Å². The van der Waals surface area contributed by atoms with E-state index in [0.29, 0.717) is 37.9 Å². The molecule has 1 fully saturated rings. The third-order valence-corrected chi connectivity index (χ3v) is 5.30. The highest BCUT2D eigenvalue weighted by atomic mass is 35.5. The molecule has 150 valence electrons. The Labute approximate surface area is 181 Å². The van der Waals surface area contributed by atoms with Crippen molar-refractivity contribution in [2.24, 2.45) is 0 Å². The van der Waals surface area contributed by atoms with Gasteiger partial charge in [0.2, 0.25) is 0 Å². The van der Waals surface area contributed by atoms with Gasteiger partial charge in [0.15, 0.2) is 11.5 Å². The number of benzene rings is 2. The van der Waals surface area contributed by atoms with Gasteiger partial charge < -0.3 is 19.9 Å². The molecule has 9 heteroatoms. The number of carboxylic acid groups (broad SMARTS) is 1. The summed E-state index contributed by atoms with van der Waals surface area (Å²) in [6, 6.07) is 9.78. The lowest BCUT2D eigenvalue weighted by Gasteiger charge is -2.15. The summed E-state index contributed by atoms with van der Waals surface area (Å²) in [4.78, 5) is 23.3. The molecule has 1 aliphatic rings.